The van der Waals surface area contributed by atoms with Gasteiger partial charge in [-0.05, 0) is 0 Å². The third kappa shape index (κ3) is 4.66. The van der Waals surface area contributed by atoms with Crippen molar-refractivity contribution in [2.45, 2.75) is 23.0 Å². The van der Waals surface area contributed by atoms with Crippen molar-refractivity contribution in [1.82, 2.24) is 14.9 Å². The van der Waals surface area contributed by atoms with Crippen LogP contribution in [0, 0.1) is 0 Å². The van der Waals surface area contributed by atoms with Gasteiger partial charge in [-0.1, -0.05) is 34.2 Å². The number of alkyl halides is 1. The Morgan fingerprint density at radius 2 is 2.18 bits per heavy atom. The molecule has 1 rings (SSSR count). The minimum atomic E-state index is -3.66. The van der Waals surface area contributed by atoms with Gasteiger partial charge in [0.2, 0.25) is 15.4 Å². The topological polar surface area (TPSA) is 101 Å². The number of sulfonamides is 1. The molecular formula is C7H11BrN4O3S2. The summed E-state index contributed by atoms with van der Waals surface area (Å²) in [5.41, 5.74) is 0. The Bertz CT molecular complexity index is 499. The van der Waals surface area contributed by atoms with Crippen LogP contribution >= 0.6 is 27.3 Å². The van der Waals surface area contributed by atoms with Gasteiger partial charge in [0.1, 0.15) is 0 Å². The van der Waals surface area contributed by atoms with E-state index in [0.29, 0.717) is 0 Å². The molecule has 0 saturated heterocycles. The molecule has 1 aromatic heterocycles. The highest BCUT2D eigenvalue weighted by molar-refractivity contribution is 9.09. The molecular weight excluding hydrogens is 332 g/mol. The molecule has 17 heavy (non-hydrogen) atoms. The molecule has 0 radical (unpaired) electrons. The highest BCUT2D eigenvalue weighted by Crippen LogP contribution is 2.19. The number of hydrogen-bond donors (Lipinski definition) is 2. The largest absolute Gasteiger partial charge is 0.301 e. The maximum absolute atomic E-state index is 11.7. The molecule has 0 fully saturated rings. The number of halogens is 1. The van der Waals surface area contributed by atoms with Crippen molar-refractivity contribution in [2.24, 2.45) is 0 Å². The Hall–Kier alpha value is -0.580. The van der Waals surface area contributed by atoms with Gasteiger partial charge in [0.15, 0.2) is 0 Å². The summed E-state index contributed by atoms with van der Waals surface area (Å²) in [6.07, 6.45) is 0. The van der Waals surface area contributed by atoms with Crippen LogP contribution in [0.3, 0.4) is 0 Å². The summed E-state index contributed by atoms with van der Waals surface area (Å²) in [5.74, 6) is -0.327. The van der Waals surface area contributed by atoms with Gasteiger partial charge in [0.25, 0.3) is 10.0 Å². The van der Waals surface area contributed by atoms with Crippen molar-refractivity contribution in [1.29, 1.82) is 0 Å². The van der Waals surface area contributed by atoms with Crippen LogP contribution in [0.15, 0.2) is 4.34 Å². The quantitative estimate of drug-likeness (QED) is 0.601. The molecule has 10 heteroatoms. The molecule has 0 aromatic carbocycles. The van der Waals surface area contributed by atoms with Crippen molar-refractivity contribution < 1.29 is 13.2 Å². The predicted molar refractivity (Wildman–Crippen MR) is 67.8 cm³/mol. The number of nitrogens with zero attached hydrogens (tertiary/aromatic N) is 2. The molecule has 0 aliphatic heterocycles. The Morgan fingerprint density at radius 3 is 2.71 bits per heavy atom. The lowest BCUT2D eigenvalue weighted by atomic mass is 10.5. The average Bonchev–Trinajstić information content (AvgIpc) is 2.63. The van der Waals surface area contributed by atoms with Crippen molar-refractivity contribution in [2.75, 3.05) is 11.9 Å². The zero-order chi connectivity index (χ0) is 13.1. The molecule has 7 nitrogen and oxygen atoms in total. The molecule has 1 unspecified atom stereocenters. The maximum Gasteiger partial charge on any atom is 0.269 e. The highest BCUT2D eigenvalue weighted by atomic mass is 79.9. The van der Waals surface area contributed by atoms with Crippen molar-refractivity contribution in [3.05, 3.63) is 0 Å². The van der Waals surface area contributed by atoms with Crippen LogP contribution in [0.4, 0.5) is 5.13 Å². The van der Waals surface area contributed by atoms with Gasteiger partial charge in [0.05, 0.1) is 0 Å². The Labute approximate surface area is 111 Å². The monoisotopic (exact) mass is 342 g/mol. The molecule has 0 saturated carbocycles. The fourth-order valence-corrected chi connectivity index (χ4v) is 3.30. The van der Waals surface area contributed by atoms with Crippen LogP contribution in [0.5, 0.6) is 0 Å². The van der Waals surface area contributed by atoms with Crippen LogP contribution in [0.2, 0.25) is 0 Å². The first kappa shape index (κ1) is 14.5. The Balaban J connectivity index is 2.78. The number of amides is 1. The lowest BCUT2D eigenvalue weighted by Gasteiger charge is -2.04. The van der Waals surface area contributed by atoms with E-state index in [4.69, 9.17) is 0 Å². The first-order valence-corrected chi connectivity index (χ1v) is 7.77. The fourth-order valence-electron chi connectivity index (χ4n) is 0.806. The van der Waals surface area contributed by atoms with Crippen LogP contribution in [-0.2, 0) is 14.8 Å². The van der Waals surface area contributed by atoms with Crippen molar-refractivity contribution in [3.8, 4) is 0 Å². The second kappa shape index (κ2) is 5.85. The standard InChI is InChI=1S/C7H11BrN4O3S2/c1-4(8)3-9-17(14,15)7-12-11-6(16-7)10-5(2)13/h4,9H,3H2,1-2H3,(H,10,11,13). The summed E-state index contributed by atoms with van der Waals surface area (Å²) in [7, 11) is -3.66. The summed E-state index contributed by atoms with van der Waals surface area (Å²) in [4.78, 5) is 10.8. The average molecular weight is 343 g/mol. The van der Waals surface area contributed by atoms with Gasteiger partial charge in [-0.2, -0.15) is 0 Å². The van der Waals surface area contributed by atoms with Crippen LogP contribution < -0.4 is 10.0 Å². The Kier molecular flexibility index (Phi) is 4.98. The van der Waals surface area contributed by atoms with Crippen LogP contribution in [0.1, 0.15) is 13.8 Å². The highest BCUT2D eigenvalue weighted by Gasteiger charge is 2.20. The summed E-state index contributed by atoms with van der Waals surface area (Å²) in [5, 5.41) is 9.59. The zero-order valence-corrected chi connectivity index (χ0v) is 12.3. The molecule has 1 heterocycles. The first-order chi connectivity index (χ1) is 7.81. The summed E-state index contributed by atoms with van der Waals surface area (Å²) in [6, 6.07) is 0. The summed E-state index contributed by atoms with van der Waals surface area (Å²) < 4.78 is 25.6. The molecule has 0 aliphatic rings. The van der Waals surface area contributed by atoms with E-state index in [1.54, 1.807) is 0 Å². The minimum absolute atomic E-state index is 0.0139. The molecule has 2 N–H and O–H groups in total. The van der Waals surface area contributed by atoms with E-state index in [1.165, 1.54) is 6.92 Å². The number of carbonyl (C=O) groups excluding carboxylic acids is 1. The van der Waals surface area contributed by atoms with Crippen molar-refractivity contribution >= 4 is 48.3 Å². The zero-order valence-electron chi connectivity index (χ0n) is 9.10. The number of rotatable bonds is 5. The number of anilines is 1. The summed E-state index contributed by atoms with van der Waals surface area (Å²) in [6.45, 7) is 3.36. The fraction of sp³-hybridized carbons (Fsp3) is 0.571. The van der Waals surface area contributed by atoms with Gasteiger partial charge in [-0.15, -0.1) is 10.2 Å². The second-order valence-corrected chi connectivity index (χ2v) is 7.67. The van der Waals surface area contributed by atoms with Gasteiger partial charge in [-0.3, -0.25) is 4.79 Å². The van der Waals surface area contributed by atoms with Crippen LogP contribution in [-0.4, -0.2) is 35.9 Å². The van der Waals surface area contributed by atoms with Gasteiger partial charge in [0, 0.05) is 18.3 Å². The van der Waals surface area contributed by atoms with Gasteiger partial charge < -0.3 is 5.32 Å². The second-order valence-electron chi connectivity index (χ2n) is 3.19. The van der Waals surface area contributed by atoms with E-state index < -0.39 is 10.0 Å². The summed E-state index contributed by atoms with van der Waals surface area (Å²) >= 11 is 4.02. The number of hydrogen-bond acceptors (Lipinski definition) is 6. The van der Waals surface area contributed by atoms with E-state index in [9.17, 15) is 13.2 Å². The minimum Gasteiger partial charge on any atom is -0.301 e. The van der Waals surface area contributed by atoms with Gasteiger partial charge in [-0.25, -0.2) is 13.1 Å². The lowest BCUT2D eigenvalue weighted by molar-refractivity contribution is -0.114. The third-order valence-corrected chi connectivity index (χ3v) is 4.43. The molecule has 1 aromatic rings. The SMILES string of the molecule is CC(=O)Nc1nnc(S(=O)(=O)NCC(C)Br)s1. The molecule has 96 valence electrons. The molecule has 0 aliphatic carbocycles. The lowest BCUT2D eigenvalue weighted by Crippen LogP contribution is -2.28. The number of carbonyl (C=O) groups is 1. The third-order valence-electron chi connectivity index (χ3n) is 1.47. The van der Waals surface area contributed by atoms with Gasteiger partial charge >= 0.3 is 0 Å². The smallest absolute Gasteiger partial charge is 0.269 e. The molecule has 0 spiro atoms. The predicted octanol–water partition coefficient (Wildman–Crippen LogP) is 0.558. The van der Waals surface area contributed by atoms with E-state index in [1.807, 2.05) is 6.92 Å². The number of aromatic nitrogens is 2. The van der Waals surface area contributed by atoms with Crippen LogP contribution in [0.25, 0.3) is 0 Å². The van der Waals surface area contributed by atoms with E-state index >= 15 is 0 Å². The van der Waals surface area contributed by atoms with E-state index in [2.05, 4.69) is 36.2 Å². The van der Waals surface area contributed by atoms with E-state index in [0.717, 1.165) is 11.3 Å². The maximum atomic E-state index is 11.7. The molecule has 1 atom stereocenters. The normalized spacial score (nSPS) is 13.4. The number of nitrogens with one attached hydrogen (secondary N) is 2. The van der Waals surface area contributed by atoms with E-state index in [-0.39, 0.29) is 26.8 Å². The molecule has 0 bridgehead atoms. The molecule has 1 amide bonds. The first-order valence-electron chi connectivity index (χ1n) is 4.56. The van der Waals surface area contributed by atoms with Crippen molar-refractivity contribution in [3.63, 3.8) is 0 Å². The Morgan fingerprint density at radius 1 is 1.53 bits per heavy atom.